The molecule has 0 heterocycles. The van der Waals surface area contributed by atoms with E-state index in [4.69, 9.17) is 5.11 Å². The van der Waals surface area contributed by atoms with Gasteiger partial charge in [-0.2, -0.15) is 0 Å². The highest BCUT2D eigenvalue weighted by Crippen LogP contribution is 2.25. The maximum Gasteiger partial charge on any atom is 0.310 e. The molecule has 0 aliphatic heterocycles. The molecule has 1 N–H and O–H groups in total. The average molecular weight is 244 g/mol. The van der Waals surface area contributed by atoms with Crippen LogP contribution in [0.4, 0.5) is 4.39 Å². The number of hydrogen-bond donors (Lipinski definition) is 1. The first kappa shape index (κ1) is 12.3. The number of carboxylic acids is 1. The van der Waals surface area contributed by atoms with Crippen LogP contribution in [0.25, 0.3) is 11.1 Å². The van der Waals surface area contributed by atoms with E-state index < -0.39 is 17.7 Å². The largest absolute Gasteiger partial charge is 0.481 e. The molecule has 1 atom stereocenters. The summed E-state index contributed by atoms with van der Waals surface area (Å²) in [5.41, 5.74) is 2.04. The molecule has 0 aliphatic carbocycles. The van der Waals surface area contributed by atoms with Gasteiger partial charge in [-0.15, -0.1) is 0 Å². The fraction of sp³-hybridized carbons (Fsp3) is 0.133. The molecule has 0 radical (unpaired) electrons. The Hall–Kier alpha value is -2.16. The summed E-state index contributed by atoms with van der Waals surface area (Å²) < 4.78 is 13.5. The van der Waals surface area contributed by atoms with E-state index in [1.807, 2.05) is 30.3 Å². The zero-order chi connectivity index (χ0) is 13.1. The van der Waals surface area contributed by atoms with Crippen molar-refractivity contribution in [2.75, 3.05) is 0 Å². The minimum Gasteiger partial charge on any atom is -0.481 e. The minimum absolute atomic E-state index is 0.417. The number of carbonyl (C=O) groups is 1. The first-order valence-electron chi connectivity index (χ1n) is 5.66. The molecule has 0 saturated carbocycles. The van der Waals surface area contributed by atoms with Crippen molar-refractivity contribution in [2.24, 2.45) is 0 Å². The zero-order valence-electron chi connectivity index (χ0n) is 9.93. The van der Waals surface area contributed by atoms with Gasteiger partial charge in [0.05, 0.1) is 5.92 Å². The molecule has 2 rings (SSSR count). The highest BCUT2D eigenvalue weighted by Gasteiger charge is 2.15. The number of halogens is 1. The normalized spacial score (nSPS) is 12.1. The lowest BCUT2D eigenvalue weighted by atomic mass is 9.96. The molecule has 2 aromatic rings. The highest BCUT2D eigenvalue weighted by atomic mass is 19.1. The van der Waals surface area contributed by atoms with Gasteiger partial charge < -0.3 is 5.11 Å². The number of benzene rings is 2. The Balaban J connectivity index is 2.48. The van der Waals surface area contributed by atoms with Crippen LogP contribution >= 0.6 is 0 Å². The van der Waals surface area contributed by atoms with Crippen molar-refractivity contribution in [3.63, 3.8) is 0 Å². The summed E-state index contributed by atoms with van der Waals surface area (Å²) in [4.78, 5) is 10.9. The monoisotopic (exact) mass is 244 g/mol. The maximum atomic E-state index is 13.5. The van der Waals surface area contributed by atoms with Crippen molar-refractivity contribution in [3.8, 4) is 11.1 Å². The van der Waals surface area contributed by atoms with E-state index in [9.17, 15) is 9.18 Å². The van der Waals surface area contributed by atoms with E-state index in [-0.39, 0.29) is 0 Å². The Bertz CT molecular complexity index is 564. The van der Waals surface area contributed by atoms with Gasteiger partial charge in [-0.25, -0.2) is 4.39 Å². The van der Waals surface area contributed by atoms with Crippen molar-refractivity contribution in [1.82, 2.24) is 0 Å². The number of rotatable bonds is 3. The number of hydrogen-bond acceptors (Lipinski definition) is 1. The fourth-order valence-electron chi connectivity index (χ4n) is 1.80. The maximum absolute atomic E-state index is 13.5. The highest BCUT2D eigenvalue weighted by molar-refractivity contribution is 5.76. The van der Waals surface area contributed by atoms with Crippen LogP contribution < -0.4 is 0 Å². The molecule has 18 heavy (non-hydrogen) atoms. The Morgan fingerprint density at radius 3 is 2.39 bits per heavy atom. The van der Waals surface area contributed by atoms with E-state index in [0.29, 0.717) is 11.1 Å². The second-order valence-corrected chi connectivity index (χ2v) is 4.20. The lowest BCUT2D eigenvalue weighted by Crippen LogP contribution is -2.07. The SMILES string of the molecule is C[C@@H](C(=O)O)c1cc(F)cc(-c2ccccc2)c1. The van der Waals surface area contributed by atoms with E-state index >= 15 is 0 Å². The van der Waals surface area contributed by atoms with Gasteiger partial charge in [0.25, 0.3) is 0 Å². The molecule has 0 bridgehead atoms. The third-order valence-corrected chi connectivity index (χ3v) is 2.90. The average Bonchev–Trinajstić information content (AvgIpc) is 2.38. The molecule has 0 spiro atoms. The second-order valence-electron chi connectivity index (χ2n) is 4.20. The van der Waals surface area contributed by atoms with Crippen molar-refractivity contribution < 1.29 is 14.3 Å². The van der Waals surface area contributed by atoms with Gasteiger partial charge in [-0.05, 0) is 35.7 Å². The summed E-state index contributed by atoms with van der Waals surface area (Å²) in [6, 6.07) is 13.7. The van der Waals surface area contributed by atoms with Crippen LogP contribution in [0.15, 0.2) is 48.5 Å². The van der Waals surface area contributed by atoms with E-state index in [2.05, 4.69) is 0 Å². The van der Waals surface area contributed by atoms with E-state index in [1.54, 1.807) is 13.0 Å². The van der Waals surface area contributed by atoms with Crippen molar-refractivity contribution >= 4 is 5.97 Å². The lowest BCUT2D eigenvalue weighted by molar-refractivity contribution is -0.138. The van der Waals surface area contributed by atoms with Crippen LogP contribution in [-0.2, 0) is 4.79 Å². The van der Waals surface area contributed by atoms with Crippen LogP contribution in [0, 0.1) is 5.82 Å². The molecule has 0 saturated heterocycles. The molecular formula is C15H13FO2. The zero-order valence-corrected chi connectivity index (χ0v) is 9.93. The third kappa shape index (κ3) is 2.56. The van der Waals surface area contributed by atoms with Crippen LogP contribution in [0.1, 0.15) is 18.4 Å². The van der Waals surface area contributed by atoms with Crippen molar-refractivity contribution in [3.05, 3.63) is 59.9 Å². The minimum atomic E-state index is -0.959. The first-order valence-corrected chi connectivity index (χ1v) is 5.66. The van der Waals surface area contributed by atoms with E-state index in [0.717, 1.165) is 5.56 Å². The summed E-state index contributed by atoms with van der Waals surface area (Å²) in [5.74, 6) is -2.10. The topological polar surface area (TPSA) is 37.3 Å². The quantitative estimate of drug-likeness (QED) is 0.894. The summed E-state index contributed by atoms with van der Waals surface area (Å²) in [6.45, 7) is 1.55. The lowest BCUT2D eigenvalue weighted by Gasteiger charge is -2.09. The Kier molecular flexibility index (Phi) is 3.42. The predicted molar refractivity (Wildman–Crippen MR) is 67.9 cm³/mol. The molecule has 0 unspecified atom stereocenters. The summed E-state index contributed by atoms with van der Waals surface area (Å²) >= 11 is 0. The van der Waals surface area contributed by atoms with Crippen LogP contribution in [0.2, 0.25) is 0 Å². The van der Waals surface area contributed by atoms with Gasteiger partial charge in [0.2, 0.25) is 0 Å². The van der Waals surface area contributed by atoms with Crippen molar-refractivity contribution in [1.29, 1.82) is 0 Å². The molecule has 3 heteroatoms. The summed E-state index contributed by atoms with van der Waals surface area (Å²) in [6.07, 6.45) is 0. The molecular weight excluding hydrogens is 231 g/mol. The fourth-order valence-corrected chi connectivity index (χ4v) is 1.80. The van der Waals surface area contributed by atoms with Crippen LogP contribution in [-0.4, -0.2) is 11.1 Å². The van der Waals surface area contributed by atoms with Gasteiger partial charge in [-0.1, -0.05) is 36.4 Å². The number of aliphatic carboxylic acids is 1. The molecule has 0 aliphatic rings. The first-order chi connectivity index (χ1) is 8.58. The predicted octanol–water partition coefficient (Wildman–Crippen LogP) is 3.68. The smallest absolute Gasteiger partial charge is 0.310 e. The molecule has 2 aromatic carbocycles. The third-order valence-electron chi connectivity index (χ3n) is 2.90. The van der Waals surface area contributed by atoms with Crippen LogP contribution in [0.3, 0.4) is 0 Å². The molecule has 92 valence electrons. The van der Waals surface area contributed by atoms with Gasteiger partial charge in [-0.3, -0.25) is 4.79 Å². The van der Waals surface area contributed by atoms with E-state index in [1.165, 1.54) is 12.1 Å². The molecule has 2 nitrogen and oxygen atoms in total. The van der Waals surface area contributed by atoms with Crippen molar-refractivity contribution in [2.45, 2.75) is 12.8 Å². The Morgan fingerprint density at radius 2 is 1.78 bits per heavy atom. The summed E-state index contributed by atoms with van der Waals surface area (Å²) in [7, 11) is 0. The Labute approximate surface area is 105 Å². The van der Waals surface area contributed by atoms with Crippen LogP contribution in [0.5, 0.6) is 0 Å². The Morgan fingerprint density at radius 1 is 1.11 bits per heavy atom. The van der Waals surface area contributed by atoms with Gasteiger partial charge in [0, 0.05) is 0 Å². The molecule has 0 amide bonds. The standard InChI is InChI=1S/C15H13FO2/c1-10(15(17)18)12-7-13(9-14(16)8-12)11-5-3-2-4-6-11/h2-10H,1H3,(H,17,18)/t10-/m1/s1. The van der Waals surface area contributed by atoms with Gasteiger partial charge in [0.1, 0.15) is 5.82 Å². The van der Waals surface area contributed by atoms with Gasteiger partial charge in [0.15, 0.2) is 0 Å². The number of carboxylic acid groups (broad SMARTS) is 1. The summed E-state index contributed by atoms with van der Waals surface area (Å²) in [5, 5.41) is 8.97. The second kappa shape index (κ2) is 5.00. The van der Waals surface area contributed by atoms with Gasteiger partial charge >= 0.3 is 5.97 Å². The molecule has 0 fully saturated rings. The molecule has 0 aromatic heterocycles.